The molecular weight excluding hydrogens is 372 g/mol. The van der Waals surface area contributed by atoms with E-state index in [0.717, 1.165) is 37.4 Å². The quantitative estimate of drug-likeness (QED) is 0.742. The van der Waals surface area contributed by atoms with Gasteiger partial charge in [0.15, 0.2) is 9.34 Å². The molecule has 2 atom stereocenters. The van der Waals surface area contributed by atoms with Crippen LogP contribution in [0.4, 0.5) is 5.13 Å². The second-order valence-electron chi connectivity index (χ2n) is 6.32. The van der Waals surface area contributed by atoms with Gasteiger partial charge < -0.3 is 10.1 Å². The van der Waals surface area contributed by atoms with E-state index in [1.165, 1.54) is 11.8 Å². The van der Waals surface area contributed by atoms with Crippen LogP contribution in [0.3, 0.4) is 0 Å². The molecule has 1 aromatic heterocycles. The first-order valence-corrected chi connectivity index (χ1v) is 10.9. The standard InChI is InChI=1S/C17H24N4O3S2/c1-2-14(20-17-19-10-16(25-17)26(18,22)23)15-12-21(8-9-24-15)11-13-6-4-3-5-7-13/h3-7,10,14-15H,2,8-9,11-12H2,1H3,(H,19,20)(H2,18,22,23). The molecule has 0 amide bonds. The van der Waals surface area contributed by atoms with Crippen LogP contribution in [0.1, 0.15) is 18.9 Å². The van der Waals surface area contributed by atoms with Gasteiger partial charge in [-0.3, -0.25) is 4.90 Å². The van der Waals surface area contributed by atoms with Crippen molar-refractivity contribution < 1.29 is 13.2 Å². The highest BCUT2D eigenvalue weighted by atomic mass is 32.2. The van der Waals surface area contributed by atoms with Gasteiger partial charge in [-0.05, 0) is 12.0 Å². The third-order valence-electron chi connectivity index (χ3n) is 4.39. The topological polar surface area (TPSA) is 97.5 Å². The average Bonchev–Trinajstić information content (AvgIpc) is 3.10. The van der Waals surface area contributed by atoms with E-state index < -0.39 is 10.0 Å². The van der Waals surface area contributed by atoms with Gasteiger partial charge in [-0.25, -0.2) is 18.5 Å². The summed E-state index contributed by atoms with van der Waals surface area (Å²) in [6.45, 7) is 5.35. The van der Waals surface area contributed by atoms with E-state index in [9.17, 15) is 8.42 Å². The van der Waals surface area contributed by atoms with Gasteiger partial charge in [0.05, 0.1) is 24.9 Å². The molecule has 0 spiro atoms. The highest BCUT2D eigenvalue weighted by Gasteiger charge is 2.28. The number of nitrogens with two attached hydrogens (primary N) is 1. The first kappa shape index (κ1) is 19.2. The number of hydrogen-bond donors (Lipinski definition) is 2. The first-order valence-electron chi connectivity index (χ1n) is 8.58. The zero-order valence-electron chi connectivity index (χ0n) is 14.7. The van der Waals surface area contributed by atoms with Gasteiger partial charge in [0.1, 0.15) is 0 Å². The van der Waals surface area contributed by atoms with E-state index >= 15 is 0 Å². The van der Waals surface area contributed by atoms with Crippen molar-refractivity contribution in [3.05, 3.63) is 42.1 Å². The van der Waals surface area contributed by atoms with Crippen molar-refractivity contribution in [2.45, 2.75) is 36.2 Å². The average molecular weight is 397 g/mol. The van der Waals surface area contributed by atoms with E-state index in [2.05, 4.69) is 46.4 Å². The molecule has 142 valence electrons. The molecular formula is C17H24N4O3S2. The zero-order chi connectivity index (χ0) is 18.6. The maximum absolute atomic E-state index is 11.4. The third-order valence-corrected chi connectivity index (χ3v) is 6.73. The predicted octanol–water partition coefficient (Wildman–Crippen LogP) is 1.88. The molecule has 3 N–H and O–H groups in total. The molecule has 26 heavy (non-hydrogen) atoms. The number of primary sulfonamides is 1. The number of thiazole rings is 1. The van der Waals surface area contributed by atoms with Gasteiger partial charge in [-0.2, -0.15) is 0 Å². The number of sulfonamides is 1. The molecule has 1 saturated heterocycles. The predicted molar refractivity (Wildman–Crippen MR) is 103 cm³/mol. The highest BCUT2D eigenvalue weighted by Crippen LogP contribution is 2.24. The number of ether oxygens (including phenoxy) is 1. The van der Waals surface area contributed by atoms with Crippen molar-refractivity contribution in [1.29, 1.82) is 0 Å². The van der Waals surface area contributed by atoms with Crippen LogP contribution in [0.5, 0.6) is 0 Å². The summed E-state index contributed by atoms with van der Waals surface area (Å²) in [6, 6.07) is 10.4. The smallest absolute Gasteiger partial charge is 0.249 e. The molecule has 1 fully saturated rings. The Labute approximate surface area is 158 Å². The summed E-state index contributed by atoms with van der Waals surface area (Å²) in [4.78, 5) is 6.51. The number of anilines is 1. The Kier molecular flexibility index (Phi) is 6.25. The lowest BCUT2D eigenvalue weighted by molar-refractivity contribution is -0.0402. The highest BCUT2D eigenvalue weighted by molar-refractivity contribution is 7.91. The van der Waals surface area contributed by atoms with Gasteiger partial charge in [0, 0.05) is 19.6 Å². The van der Waals surface area contributed by atoms with Gasteiger partial charge in [-0.1, -0.05) is 48.6 Å². The third kappa shape index (κ3) is 5.01. The van der Waals surface area contributed by atoms with Gasteiger partial charge in [0.25, 0.3) is 0 Å². The van der Waals surface area contributed by atoms with Gasteiger partial charge in [0.2, 0.25) is 10.0 Å². The fourth-order valence-electron chi connectivity index (χ4n) is 3.03. The van der Waals surface area contributed by atoms with Gasteiger partial charge >= 0.3 is 0 Å². The van der Waals surface area contributed by atoms with Crippen molar-refractivity contribution in [1.82, 2.24) is 9.88 Å². The summed E-state index contributed by atoms with van der Waals surface area (Å²) < 4.78 is 28.9. The number of benzene rings is 1. The molecule has 0 radical (unpaired) electrons. The van der Waals surface area contributed by atoms with Crippen LogP contribution in [-0.4, -0.2) is 50.1 Å². The normalized spacial score (nSPS) is 20.0. The van der Waals surface area contributed by atoms with Crippen molar-refractivity contribution >= 4 is 26.5 Å². The van der Waals surface area contributed by atoms with Gasteiger partial charge in [-0.15, -0.1) is 0 Å². The molecule has 9 heteroatoms. The second-order valence-corrected chi connectivity index (χ2v) is 9.14. The minimum absolute atomic E-state index is 0.0132. The van der Waals surface area contributed by atoms with Crippen molar-refractivity contribution in [3.63, 3.8) is 0 Å². The minimum atomic E-state index is -3.72. The summed E-state index contributed by atoms with van der Waals surface area (Å²) >= 11 is 1.05. The lowest BCUT2D eigenvalue weighted by Gasteiger charge is -2.37. The SMILES string of the molecule is CCC(Nc1ncc(S(N)(=O)=O)s1)C1CN(Cc2ccccc2)CCO1. The van der Waals surface area contributed by atoms with E-state index in [0.29, 0.717) is 11.7 Å². The lowest BCUT2D eigenvalue weighted by atomic mass is 10.1. The summed E-state index contributed by atoms with van der Waals surface area (Å²) in [5, 5.41) is 9.01. The number of rotatable bonds is 7. The van der Waals surface area contributed by atoms with E-state index in [1.807, 2.05) is 6.07 Å². The molecule has 2 aromatic rings. The van der Waals surface area contributed by atoms with Crippen LogP contribution >= 0.6 is 11.3 Å². The van der Waals surface area contributed by atoms with Crippen molar-refractivity contribution in [2.24, 2.45) is 5.14 Å². The molecule has 1 aliphatic rings. The summed E-state index contributed by atoms with van der Waals surface area (Å²) in [6.07, 6.45) is 2.14. The Balaban J connectivity index is 1.63. The number of nitrogens with zero attached hydrogens (tertiary/aromatic N) is 2. The Morgan fingerprint density at radius 3 is 2.85 bits per heavy atom. The summed E-state index contributed by atoms with van der Waals surface area (Å²) in [7, 11) is -3.72. The maximum Gasteiger partial charge on any atom is 0.249 e. The van der Waals surface area contributed by atoms with Crippen LogP contribution in [0, 0.1) is 0 Å². The number of hydrogen-bond acceptors (Lipinski definition) is 7. The van der Waals surface area contributed by atoms with Crippen LogP contribution in [0.2, 0.25) is 0 Å². The molecule has 1 aromatic carbocycles. The first-order chi connectivity index (χ1) is 12.5. The number of nitrogens with one attached hydrogen (secondary N) is 1. The molecule has 2 unspecified atom stereocenters. The molecule has 3 rings (SSSR count). The minimum Gasteiger partial charge on any atom is -0.373 e. The molecule has 1 aliphatic heterocycles. The zero-order valence-corrected chi connectivity index (χ0v) is 16.3. The largest absolute Gasteiger partial charge is 0.373 e. The summed E-state index contributed by atoms with van der Waals surface area (Å²) in [5.74, 6) is 0. The van der Waals surface area contributed by atoms with Crippen LogP contribution in [-0.2, 0) is 21.3 Å². The number of aromatic nitrogens is 1. The van der Waals surface area contributed by atoms with Crippen LogP contribution in [0.25, 0.3) is 0 Å². The number of morpholine rings is 1. The van der Waals surface area contributed by atoms with Crippen molar-refractivity contribution in [3.8, 4) is 0 Å². The molecule has 7 nitrogen and oxygen atoms in total. The second kappa shape index (κ2) is 8.45. The fourth-order valence-corrected chi connectivity index (χ4v) is 4.55. The molecule has 0 saturated carbocycles. The maximum atomic E-state index is 11.4. The Morgan fingerprint density at radius 2 is 2.19 bits per heavy atom. The van der Waals surface area contributed by atoms with Crippen molar-refractivity contribution in [2.75, 3.05) is 25.0 Å². The Hall–Kier alpha value is -1.52. The van der Waals surface area contributed by atoms with E-state index in [1.54, 1.807) is 0 Å². The summed E-state index contributed by atoms with van der Waals surface area (Å²) in [5.41, 5.74) is 1.28. The van der Waals surface area contributed by atoms with Crippen LogP contribution in [0.15, 0.2) is 40.7 Å². The van der Waals surface area contributed by atoms with E-state index in [4.69, 9.17) is 9.88 Å². The monoisotopic (exact) mass is 396 g/mol. The molecule has 0 bridgehead atoms. The Bertz CT molecular complexity index is 810. The van der Waals surface area contributed by atoms with Crippen LogP contribution < -0.4 is 10.5 Å². The molecule has 2 heterocycles. The molecule has 0 aliphatic carbocycles. The Morgan fingerprint density at radius 1 is 1.42 bits per heavy atom. The fraction of sp³-hybridized carbons (Fsp3) is 0.471. The van der Waals surface area contributed by atoms with E-state index in [-0.39, 0.29) is 16.4 Å². The lowest BCUT2D eigenvalue weighted by Crippen LogP contribution is -2.49.